The number of benzene rings is 1. The van der Waals surface area contributed by atoms with Gasteiger partial charge in [-0.2, -0.15) is 0 Å². The summed E-state index contributed by atoms with van der Waals surface area (Å²) in [6.07, 6.45) is 1.05. The smallest absolute Gasteiger partial charge is 0.129 e. The van der Waals surface area contributed by atoms with Crippen molar-refractivity contribution in [2.24, 2.45) is 0 Å². The van der Waals surface area contributed by atoms with Crippen LogP contribution in [0, 0.1) is 5.82 Å². The number of halogens is 2. The molecule has 0 aromatic heterocycles. The van der Waals surface area contributed by atoms with Crippen molar-refractivity contribution < 1.29 is 4.39 Å². The van der Waals surface area contributed by atoms with Crippen LogP contribution in [0.15, 0.2) is 18.2 Å². The van der Waals surface area contributed by atoms with Crippen LogP contribution in [0.1, 0.15) is 25.8 Å². The summed E-state index contributed by atoms with van der Waals surface area (Å²) >= 11 is 5.78. The molecule has 124 valence electrons. The Morgan fingerprint density at radius 1 is 1.23 bits per heavy atom. The number of nitrogens with one attached hydrogen (secondary N) is 1. The number of nitrogens with zero attached hydrogens (tertiary/aromatic N) is 2. The minimum atomic E-state index is -0.241. The van der Waals surface area contributed by atoms with E-state index in [-0.39, 0.29) is 11.4 Å². The Kier molecular flexibility index (Phi) is 6.21. The standard InChI is InChI=1S/C17H27ClFN3/c1-17(2,6-7-22-10-8-21(3)9-11-22)20-13-14-4-5-15(18)12-16(14)19/h4-5,12,20H,6-11,13H2,1-3H3. The van der Waals surface area contributed by atoms with Gasteiger partial charge in [-0.1, -0.05) is 17.7 Å². The summed E-state index contributed by atoms with van der Waals surface area (Å²) in [6.45, 7) is 10.5. The molecule has 1 saturated heterocycles. The quantitative estimate of drug-likeness (QED) is 0.866. The average molecular weight is 328 g/mol. The third-order valence-corrected chi connectivity index (χ3v) is 4.66. The molecule has 0 spiro atoms. The fraction of sp³-hybridized carbons (Fsp3) is 0.647. The molecule has 1 fully saturated rings. The molecule has 1 N–H and O–H groups in total. The molecule has 1 aliphatic heterocycles. The first-order chi connectivity index (χ1) is 10.4. The zero-order chi connectivity index (χ0) is 16.2. The topological polar surface area (TPSA) is 18.5 Å². The maximum atomic E-state index is 13.8. The minimum absolute atomic E-state index is 0.0184. The molecule has 2 rings (SSSR count). The van der Waals surface area contributed by atoms with Gasteiger partial charge >= 0.3 is 0 Å². The van der Waals surface area contributed by atoms with E-state index < -0.39 is 0 Å². The van der Waals surface area contributed by atoms with E-state index in [4.69, 9.17) is 11.6 Å². The summed E-state index contributed by atoms with van der Waals surface area (Å²) in [7, 11) is 2.17. The normalized spacial score (nSPS) is 17.9. The SMILES string of the molecule is CN1CCN(CCC(C)(C)NCc2ccc(Cl)cc2F)CC1. The van der Waals surface area contributed by atoms with Gasteiger partial charge in [0.15, 0.2) is 0 Å². The third kappa shape index (κ3) is 5.51. The number of hydrogen-bond acceptors (Lipinski definition) is 3. The second kappa shape index (κ2) is 7.73. The van der Waals surface area contributed by atoms with E-state index in [1.165, 1.54) is 6.07 Å². The van der Waals surface area contributed by atoms with Crippen molar-refractivity contribution in [2.75, 3.05) is 39.8 Å². The van der Waals surface area contributed by atoms with Gasteiger partial charge in [0.05, 0.1) is 0 Å². The van der Waals surface area contributed by atoms with E-state index in [2.05, 4.69) is 36.0 Å². The molecule has 0 aliphatic carbocycles. The van der Waals surface area contributed by atoms with E-state index in [0.717, 1.165) is 39.1 Å². The Morgan fingerprint density at radius 3 is 2.55 bits per heavy atom. The molecule has 3 nitrogen and oxygen atoms in total. The largest absolute Gasteiger partial charge is 0.308 e. The van der Waals surface area contributed by atoms with E-state index in [1.54, 1.807) is 12.1 Å². The summed E-state index contributed by atoms with van der Waals surface area (Å²) in [6, 6.07) is 4.86. The van der Waals surface area contributed by atoms with Gasteiger partial charge in [0, 0.05) is 48.8 Å². The molecule has 0 amide bonds. The highest BCUT2D eigenvalue weighted by molar-refractivity contribution is 6.30. The van der Waals surface area contributed by atoms with Crippen molar-refractivity contribution in [3.63, 3.8) is 0 Å². The molecule has 1 aliphatic rings. The molecule has 1 aromatic carbocycles. The Hall–Kier alpha value is -0.680. The van der Waals surface area contributed by atoms with Crippen LogP contribution < -0.4 is 5.32 Å². The number of piperazine rings is 1. The average Bonchev–Trinajstić information content (AvgIpc) is 2.46. The number of rotatable bonds is 6. The lowest BCUT2D eigenvalue weighted by Gasteiger charge is -2.35. The van der Waals surface area contributed by atoms with Crippen molar-refractivity contribution in [3.8, 4) is 0 Å². The predicted molar refractivity (Wildman–Crippen MR) is 90.9 cm³/mol. The van der Waals surface area contributed by atoms with Crippen molar-refractivity contribution >= 4 is 11.6 Å². The Balaban J connectivity index is 1.78. The molecule has 1 heterocycles. The second-order valence-corrected chi connectivity index (χ2v) is 7.30. The van der Waals surface area contributed by atoms with Crippen LogP contribution in [0.5, 0.6) is 0 Å². The van der Waals surface area contributed by atoms with Gasteiger partial charge in [0.2, 0.25) is 0 Å². The summed E-state index contributed by atoms with van der Waals surface area (Å²) in [4.78, 5) is 4.87. The highest BCUT2D eigenvalue weighted by atomic mass is 35.5. The Bertz CT molecular complexity index is 485. The van der Waals surface area contributed by atoms with Gasteiger partial charge in [-0.3, -0.25) is 0 Å². The fourth-order valence-electron chi connectivity index (χ4n) is 2.60. The highest BCUT2D eigenvalue weighted by Gasteiger charge is 2.21. The van der Waals surface area contributed by atoms with Crippen LogP contribution in [0.4, 0.5) is 4.39 Å². The molecule has 0 saturated carbocycles. The minimum Gasteiger partial charge on any atom is -0.308 e. The molecule has 1 aromatic rings. The zero-order valence-corrected chi connectivity index (χ0v) is 14.6. The van der Waals surface area contributed by atoms with Crippen LogP contribution >= 0.6 is 11.6 Å². The van der Waals surface area contributed by atoms with Crippen molar-refractivity contribution in [2.45, 2.75) is 32.4 Å². The van der Waals surface area contributed by atoms with Gasteiger partial charge in [-0.05, 0) is 46.0 Å². The summed E-state index contributed by atoms with van der Waals surface area (Å²) in [5.41, 5.74) is 0.646. The zero-order valence-electron chi connectivity index (χ0n) is 13.8. The Labute approximate surface area is 138 Å². The lowest BCUT2D eigenvalue weighted by molar-refractivity contribution is 0.142. The van der Waals surface area contributed by atoms with Gasteiger partial charge in [0.1, 0.15) is 5.82 Å². The maximum Gasteiger partial charge on any atom is 0.129 e. The lowest BCUT2D eigenvalue weighted by atomic mass is 9.99. The first kappa shape index (κ1) is 17.7. The van der Waals surface area contributed by atoms with Crippen LogP contribution in [0.25, 0.3) is 0 Å². The van der Waals surface area contributed by atoms with Crippen LogP contribution in [-0.4, -0.2) is 55.1 Å². The monoisotopic (exact) mass is 327 g/mol. The van der Waals surface area contributed by atoms with E-state index in [1.807, 2.05) is 0 Å². The van der Waals surface area contributed by atoms with E-state index >= 15 is 0 Å². The molecular formula is C17H27ClFN3. The number of likely N-dealkylation sites (N-methyl/N-ethyl adjacent to an activating group) is 1. The fourth-order valence-corrected chi connectivity index (χ4v) is 2.76. The summed E-state index contributed by atoms with van der Waals surface area (Å²) in [5, 5.41) is 3.90. The van der Waals surface area contributed by atoms with Crippen LogP contribution in [0.3, 0.4) is 0 Å². The van der Waals surface area contributed by atoms with Gasteiger partial charge in [0.25, 0.3) is 0 Å². The third-order valence-electron chi connectivity index (χ3n) is 4.42. The molecule has 0 atom stereocenters. The number of hydrogen-bond donors (Lipinski definition) is 1. The van der Waals surface area contributed by atoms with Gasteiger partial charge < -0.3 is 15.1 Å². The van der Waals surface area contributed by atoms with Crippen molar-refractivity contribution in [1.29, 1.82) is 0 Å². The first-order valence-corrected chi connectivity index (χ1v) is 8.33. The predicted octanol–water partition coefficient (Wildman–Crippen LogP) is 2.98. The second-order valence-electron chi connectivity index (χ2n) is 6.87. The van der Waals surface area contributed by atoms with Crippen molar-refractivity contribution in [3.05, 3.63) is 34.6 Å². The first-order valence-electron chi connectivity index (χ1n) is 7.96. The van der Waals surface area contributed by atoms with Crippen LogP contribution in [0.2, 0.25) is 5.02 Å². The highest BCUT2D eigenvalue weighted by Crippen LogP contribution is 2.17. The summed E-state index contributed by atoms with van der Waals surface area (Å²) in [5.74, 6) is -0.241. The molecule has 22 heavy (non-hydrogen) atoms. The Morgan fingerprint density at radius 2 is 1.91 bits per heavy atom. The van der Waals surface area contributed by atoms with Crippen molar-refractivity contribution in [1.82, 2.24) is 15.1 Å². The van der Waals surface area contributed by atoms with E-state index in [9.17, 15) is 4.39 Å². The lowest BCUT2D eigenvalue weighted by Crippen LogP contribution is -2.47. The van der Waals surface area contributed by atoms with Crippen LogP contribution in [-0.2, 0) is 6.54 Å². The molecule has 0 bridgehead atoms. The molecular weight excluding hydrogens is 301 g/mol. The maximum absolute atomic E-state index is 13.8. The molecule has 5 heteroatoms. The molecule has 0 radical (unpaired) electrons. The van der Waals surface area contributed by atoms with E-state index in [0.29, 0.717) is 17.1 Å². The molecule has 0 unspecified atom stereocenters. The van der Waals surface area contributed by atoms with Gasteiger partial charge in [-0.15, -0.1) is 0 Å². The summed E-state index contributed by atoms with van der Waals surface area (Å²) < 4.78 is 13.8. The van der Waals surface area contributed by atoms with Gasteiger partial charge in [-0.25, -0.2) is 4.39 Å².